The van der Waals surface area contributed by atoms with Crippen molar-refractivity contribution in [3.05, 3.63) is 41.6 Å². The summed E-state index contributed by atoms with van der Waals surface area (Å²) < 4.78 is 20.0. The molecule has 164 valence electrons. The molecule has 3 rings (SSSR count). The number of rotatable bonds is 9. The number of nitrogens with one attached hydrogen (secondary N) is 1. The SMILES string of the molecule is C[C@H](C(N)=CC(=NCCCN)c1ncccc1F)N(C(=O)[C@H]1CNCCO1)C1CC1. The molecule has 2 fully saturated rings. The second-order valence-electron chi connectivity index (χ2n) is 7.60. The molecule has 0 unspecified atom stereocenters. The van der Waals surface area contributed by atoms with Crippen molar-refractivity contribution in [2.24, 2.45) is 16.5 Å². The quantitative estimate of drug-likeness (QED) is 0.398. The monoisotopic (exact) mass is 418 g/mol. The van der Waals surface area contributed by atoms with Crippen LogP contribution in [0.1, 0.15) is 31.9 Å². The summed E-state index contributed by atoms with van der Waals surface area (Å²) in [6.45, 7) is 4.53. The first-order valence-corrected chi connectivity index (χ1v) is 10.5. The summed E-state index contributed by atoms with van der Waals surface area (Å²) >= 11 is 0. The average molecular weight is 419 g/mol. The maximum atomic E-state index is 14.3. The fourth-order valence-corrected chi connectivity index (χ4v) is 3.42. The fraction of sp³-hybridized carbons (Fsp3) is 0.571. The first kappa shape index (κ1) is 22.3. The number of morpholine rings is 1. The van der Waals surface area contributed by atoms with Crippen LogP contribution in [0.2, 0.25) is 0 Å². The number of carbonyl (C=O) groups is 1. The molecule has 1 aliphatic heterocycles. The summed E-state index contributed by atoms with van der Waals surface area (Å²) in [5, 5.41) is 3.19. The Morgan fingerprint density at radius 1 is 1.53 bits per heavy atom. The van der Waals surface area contributed by atoms with E-state index in [9.17, 15) is 9.18 Å². The summed E-state index contributed by atoms with van der Waals surface area (Å²) in [6.07, 6.45) is 5.17. The van der Waals surface area contributed by atoms with Gasteiger partial charge in [0.25, 0.3) is 5.91 Å². The van der Waals surface area contributed by atoms with Crippen LogP contribution in [0.25, 0.3) is 0 Å². The molecule has 0 radical (unpaired) electrons. The smallest absolute Gasteiger partial charge is 0.253 e. The predicted molar refractivity (Wildman–Crippen MR) is 113 cm³/mol. The maximum Gasteiger partial charge on any atom is 0.253 e. The zero-order valence-corrected chi connectivity index (χ0v) is 17.4. The zero-order chi connectivity index (χ0) is 21.5. The van der Waals surface area contributed by atoms with Crippen molar-refractivity contribution in [3.8, 4) is 0 Å². The molecule has 2 heterocycles. The summed E-state index contributed by atoms with van der Waals surface area (Å²) in [6, 6.07) is 2.63. The number of aromatic nitrogens is 1. The van der Waals surface area contributed by atoms with Crippen LogP contribution in [0, 0.1) is 5.82 Å². The molecule has 0 aromatic carbocycles. The van der Waals surface area contributed by atoms with E-state index in [2.05, 4.69) is 15.3 Å². The number of hydrogen-bond acceptors (Lipinski definition) is 7. The Morgan fingerprint density at radius 2 is 2.33 bits per heavy atom. The van der Waals surface area contributed by atoms with Gasteiger partial charge in [0.05, 0.1) is 18.4 Å². The third-order valence-corrected chi connectivity index (χ3v) is 5.25. The predicted octanol–water partition coefficient (Wildman–Crippen LogP) is 0.569. The number of hydrogen-bond donors (Lipinski definition) is 3. The Balaban J connectivity index is 1.84. The molecular formula is C21H31FN6O2. The summed E-state index contributed by atoms with van der Waals surface area (Å²) in [7, 11) is 0. The number of ether oxygens (including phenoxy) is 1. The van der Waals surface area contributed by atoms with Crippen molar-refractivity contribution >= 4 is 11.6 Å². The minimum Gasteiger partial charge on any atom is -0.400 e. The number of nitrogens with two attached hydrogens (primary N) is 2. The van der Waals surface area contributed by atoms with E-state index in [4.69, 9.17) is 16.2 Å². The van der Waals surface area contributed by atoms with Crippen molar-refractivity contribution in [2.45, 2.75) is 44.4 Å². The highest BCUT2D eigenvalue weighted by molar-refractivity contribution is 6.08. The molecule has 1 aromatic heterocycles. The van der Waals surface area contributed by atoms with Crippen LogP contribution in [0.15, 0.2) is 35.1 Å². The highest BCUT2D eigenvalue weighted by Crippen LogP contribution is 2.31. The molecule has 30 heavy (non-hydrogen) atoms. The molecule has 0 bridgehead atoms. The van der Waals surface area contributed by atoms with Gasteiger partial charge >= 0.3 is 0 Å². The molecule has 1 saturated heterocycles. The first-order chi connectivity index (χ1) is 14.5. The molecule has 5 N–H and O–H groups in total. The van der Waals surface area contributed by atoms with E-state index in [1.54, 1.807) is 11.0 Å². The molecule has 1 aromatic rings. The molecule has 9 heteroatoms. The number of aliphatic imine (C=N–C) groups is 1. The Hall–Kier alpha value is -2.36. The van der Waals surface area contributed by atoms with Crippen LogP contribution in [0.4, 0.5) is 4.39 Å². The van der Waals surface area contributed by atoms with E-state index in [0.717, 1.165) is 19.4 Å². The largest absolute Gasteiger partial charge is 0.400 e. The van der Waals surface area contributed by atoms with Crippen molar-refractivity contribution in [1.82, 2.24) is 15.2 Å². The third-order valence-electron chi connectivity index (χ3n) is 5.25. The van der Waals surface area contributed by atoms with E-state index >= 15 is 0 Å². The minimum absolute atomic E-state index is 0.0702. The molecule has 8 nitrogen and oxygen atoms in total. The summed E-state index contributed by atoms with van der Waals surface area (Å²) in [5.74, 6) is -0.545. The van der Waals surface area contributed by atoms with E-state index < -0.39 is 11.9 Å². The van der Waals surface area contributed by atoms with E-state index in [1.807, 2.05) is 6.92 Å². The van der Waals surface area contributed by atoms with Crippen LogP contribution in [0.3, 0.4) is 0 Å². The van der Waals surface area contributed by atoms with Gasteiger partial charge in [0.15, 0.2) is 5.82 Å². The molecule has 2 aliphatic rings. The van der Waals surface area contributed by atoms with Crippen LogP contribution in [-0.4, -0.2) is 72.5 Å². The molecule has 1 saturated carbocycles. The second kappa shape index (κ2) is 10.6. The maximum absolute atomic E-state index is 14.3. The Labute approximate surface area is 176 Å². The minimum atomic E-state index is -0.513. The molecule has 2 atom stereocenters. The lowest BCUT2D eigenvalue weighted by Crippen LogP contribution is -2.53. The number of halogens is 1. The van der Waals surface area contributed by atoms with Gasteiger partial charge in [-0.1, -0.05) is 0 Å². The summed E-state index contributed by atoms with van der Waals surface area (Å²) in [4.78, 5) is 23.5. The third kappa shape index (κ3) is 5.62. The van der Waals surface area contributed by atoms with Gasteiger partial charge in [0, 0.05) is 37.6 Å². The molecular weight excluding hydrogens is 387 g/mol. The number of allylic oxidation sites excluding steroid dienone is 1. The second-order valence-corrected chi connectivity index (χ2v) is 7.60. The van der Waals surface area contributed by atoms with Gasteiger partial charge in [-0.15, -0.1) is 0 Å². The normalized spacial score (nSPS) is 21.4. The topological polar surface area (TPSA) is 119 Å². The number of nitrogens with zero attached hydrogens (tertiary/aromatic N) is 3. The Kier molecular flexibility index (Phi) is 7.89. The fourth-order valence-electron chi connectivity index (χ4n) is 3.42. The lowest BCUT2D eigenvalue weighted by molar-refractivity contribution is -0.147. The van der Waals surface area contributed by atoms with Crippen molar-refractivity contribution in [2.75, 3.05) is 32.8 Å². The van der Waals surface area contributed by atoms with Crippen molar-refractivity contribution < 1.29 is 13.9 Å². The van der Waals surface area contributed by atoms with E-state index in [-0.39, 0.29) is 23.7 Å². The van der Waals surface area contributed by atoms with Crippen molar-refractivity contribution in [1.29, 1.82) is 0 Å². The number of amides is 1. The average Bonchev–Trinajstić information content (AvgIpc) is 3.59. The van der Waals surface area contributed by atoms with Gasteiger partial charge in [-0.05, 0) is 50.9 Å². The standard InChI is InChI=1S/C21H31FN6O2/c1-14(28(15-5-6-15)21(29)19-13-25-10-11-30-19)17(24)12-18(26-9-3-7-23)20-16(22)4-2-8-27-20/h2,4,8,12,14-15,19,25H,3,5-7,9-11,13,23-24H2,1H3/t14-,19-/m1/s1. The van der Waals surface area contributed by atoms with Gasteiger partial charge < -0.3 is 26.4 Å². The lowest BCUT2D eigenvalue weighted by atomic mass is 10.1. The Bertz CT molecular complexity index is 789. The molecule has 0 spiro atoms. The van der Waals surface area contributed by atoms with Crippen molar-refractivity contribution in [3.63, 3.8) is 0 Å². The lowest BCUT2D eigenvalue weighted by Gasteiger charge is -2.34. The first-order valence-electron chi connectivity index (χ1n) is 10.5. The number of carbonyl (C=O) groups excluding carboxylic acids is 1. The molecule has 1 aliphatic carbocycles. The van der Waals surface area contributed by atoms with Crippen LogP contribution in [0.5, 0.6) is 0 Å². The Morgan fingerprint density at radius 3 is 2.97 bits per heavy atom. The highest BCUT2D eigenvalue weighted by Gasteiger charge is 2.40. The number of pyridine rings is 1. The zero-order valence-electron chi connectivity index (χ0n) is 17.4. The van der Waals surface area contributed by atoms with Crippen LogP contribution in [-0.2, 0) is 9.53 Å². The van der Waals surface area contributed by atoms with Gasteiger partial charge in [0.2, 0.25) is 0 Å². The summed E-state index contributed by atoms with van der Waals surface area (Å²) in [5.41, 5.74) is 12.9. The van der Waals surface area contributed by atoms with Crippen LogP contribution < -0.4 is 16.8 Å². The van der Waals surface area contributed by atoms with Gasteiger partial charge in [-0.2, -0.15) is 0 Å². The van der Waals surface area contributed by atoms with Gasteiger partial charge in [-0.3, -0.25) is 14.8 Å². The van der Waals surface area contributed by atoms with Gasteiger partial charge in [0.1, 0.15) is 11.8 Å². The van der Waals surface area contributed by atoms with Gasteiger partial charge in [-0.25, -0.2) is 4.39 Å². The molecule has 1 amide bonds. The van der Waals surface area contributed by atoms with Crippen LogP contribution >= 0.6 is 0 Å². The highest BCUT2D eigenvalue weighted by atomic mass is 19.1. The van der Waals surface area contributed by atoms with E-state index in [0.29, 0.717) is 44.1 Å². The van der Waals surface area contributed by atoms with E-state index in [1.165, 1.54) is 18.3 Å².